The molecule has 20 heavy (non-hydrogen) atoms. The van der Waals surface area contributed by atoms with E-state index in [0.29, 0.717) is 17.5 Å². The van der Waals surface area contributed by atoms with Gasteiger partial charge in [0.05, 0.1) is 5.69 Å². The van der Waals surface area contributed by atoms with E-state index in [1.54, 1.807) is 0 Å². The van der Waals surface area contributed by atoms with Crippen molar-refractivity contribution in [1.82, 2.24) is 10.2 Å². The summed E-state index contributed by atoms with van der Waals surface area (Å²) in [5.41, 5.74) is 2.70. The molecule has 1 rings (SSSR count). The van der Waals surface area contributed by atoms with E-state index in [0.717, 1.165) is 36.5 Å². The minimum absolute atomic E-state index is 0.302. The molecule has 1 aromatic rings. The van der Waals surface area contributed by atoms with Crippen LogP contribution in [0.2, 0.25) is 0 Å². The number of hydrogen-bond acceptors (Lipinski definition) is 4. The normalized spacial score (nSPS) is 10.9. The lowest BCUT2D eigenvalue weighted by atomic mass is 10.0. The van der Waals surface area contributed by atoms with Gasteiger partial charge >= 0.3 is 0 Å². The van der Waals surface area contributed by atoms with Crippen LogP contribution >= 0.6 is 0 Å². The highest BCUT2D eigenvalue weighted by Gasteiger charge is 2.21. The van der Waals surface area contributed by atoms with E-state index in [-0.39, 0.29) is 0 Å². The average Bonchev–Trinajstić information content (AvgIpc) is 2.42. The maximum absolute atomic E-state index is 9.57. The van der Waals surface area contributed by atoms with Crippen molar-refractivity contribution in [3.63, 3.8) is 0 Å². The highest BCUT2D eigenvalue weighted by Crippen LogP contribution is 2.25. The van der Waals surface area contributed by atoms with Gasteiger partial charge in [0.1, 0.15) is 11.6 Å². The van der Waals surface area contributed by atoms with Crippen LogP contribution in [0, 0.1) is 17.2 Å². The molecule has 0 atom stereocenters. The van der Waals surface area contributed by atoms with E-state index in [1.165, 1.54) is 0 Å². The molecule has 4 nitrogen and oxygen atoms in total. The fourth-order valence-electron chi connectivity index (χ4n) is 2.42. The van der Waals surface area contributed by atoms with Gasteiger partial charge in [0.25, 0.3) is 0 Å². The van der Waals surface area contributed by atoms with Crippen LogP contribution < -0.4 is 4.90 Å². The second-order valence-corrected chi connectivity index (χ2v) is 5.78. The van der Waals surface area contributed by atoms with Gasteiger partial charge in [-0.3, -0.25) is 0 Å². The molecule has 0 aromatic carbocycles. The lowest BCUT2D eigenvalue weighted by Gasteiger charge is -2.30. The van der Waals surface area contributed by atoms with E-state index in [9.17, 15) is 5.26 Å². The van der Waals surface area contributed by atoms with Gasteiger partial charge in [-0.2, -0.15) is 10.4 Å². The Kier molecular flexibility index (Phi) is 5.94. The number of aromatic nitrogens is 2. The molecule has 0 N–H and O–H groups in total. The van der Waals surface area contributed by atoms with Gasteiger partial charge in [-0.1, -0.05) is 27.7 Å². The molecule has 0 bridgehead atoms. The molecule has 0 amide bonds. The molecule has 110 valence electrons. The van der Waals surface area contributed by atoms with E-state index in [2.05, 4.69) is 62.7 Å². The summed E-state index contributed by atoms with van der Waals surface area (Å²) in [4.78, 5) is 2.19. The van der Waals surface area contributed by atoms with Gasteiger partial charge in [0.15, 0.2) is 5.82 Å². The van der Waals surface area contributed by atoms with E-state index < -0.39 is 0 Å². The van der Waals surface area contributed by atoms with Crippen molar-refractivity contribution in [2.24, 2.45) is 5.92 Å². The quantitative estimate of drug-likeness (QED) is 0.798. The lowest BCUT2D eigenvalue weighted by molar-refractivity contribution is 0.562. The first-order valence-electron chi connectivity index (χ1n) is 7.51. The molecule has 0 saturated heterocycles. The van der Waals surface area contributed by atoms with E-state index in [4.69, 9.17) is 0 Å². The maximum atomic E-state index is 9.57. The summed E-state index contributed by atoms with van der Waals surface area (Å²) in [5.74, 6) is 1.26. The summed E-state index contributed by atoms with van der Waals surface area (Å²) in [5, 5.41) is 18.3. The zero-order valence-electron chi connectivity index (χ0n) is 13.6. The average molecular weight is 274 g/mol. The van der Waals surface area contributed by atoms with Crippen LogP contribution in [0.15, 0.2) is 0 Å². The highest BCUT2D eigenvalue weighted by atomic mass is 15.3. The van der Waals surface area contributed by atoms with Crippen LogP contribution in [0.3, 0.4) is 0 Å². The number of rotatable bonds is 6. The maximum Gasteiger partial charge on any atom is 0.169 e. The Bertz CT molecular complexity index is 486. The van der Waals surface area contributed by atoms with Crippen molar-refractivity contribution in [3.8, 4) is 6.07 Å². The van der Waals surface area contributed by atoms with Crippen LogP contribution in [0.25, 0.3) is 0 Å². The first-order valence-corrected chi connectivity index (χ1v) is 7.51. The predicted molar refractivity (Wildman–Crippen MR) is 82.8 cm³/mol. The zero-order valence-corrected chi connectivity index (χ0v) is 13.6. The largest absolute Gasteiger partial charge is 0.351 e. The summed E-state index contributed by atoms with van der Waals surface area (Å²) in [6.45, 7) is 13.6. The molecule has 0 saturated carbocycles. The minimum atomic E-state index is 0.302. The number of hydrogen-bond donors (Lipinski definition) is 0. The van der Waals surface area contributed by atoms with Gasteiger partial charge in [-0.15, -0.1) is 5.10 Å². The number of anilines is 1. The molecule has 1 aromatic heterocycles. The molecule has 0 aliphatic heterocycles. The van der Waals surface area contributed by atoms with E-state index >= 15 is 0 Å². The third kappa shape index (κ3) is 3.47. The number of nitrogens with zero attached hydrogens (tertiary/aromatic N) is 4. The summed E-state index contributed by atoms with van der Waals surface area (Å²) < 4.78 is 0. The van der Waals surface area contributed by atoms with Crippen LogP contribution in [0.4, 0.5) is 5.82 Å². The molecule has 4 heteroatoms. The van der Waals surface area contributed by atoms with Crippen molar-refractivity contribution >= 4 is 5.82 Å². The Labute approximate surface area is 122 Å². The Morgan fingerprint density at radius 2 is 1.75 bits per heavy atom. The van der Waals surface area contributed by atoms with Gasteiger partial charge in [0.2, 0.25) is 0 Å². The summed E-state index contributed by atoms with van der Waals surface area (Å²) in [6.07, 6.45) is 1.64. The van der Waals surface area contributed by atoms with Gasteiger partial charge in [0, 0.05) is 12.6 Å². The van der Waals surface area contributed by atoms with Crippen molar-refractivity contribution in [1.29, 1.82) is 5.26 Å². The van der Waals surface area contributed by atoms with Crippen molar-refractivity contribution in [2.75, 3.05) is 11.4 Å². The lowest BCUT2D eigenvalue weighted by Crippen LogP contribution is -2.36. The SMILES string of the molecule is CCc1nnc(N(CC(C)C)C(C)C)c(C#N)c1CC. The monoisotopic (exact) mass is 274 g/mol. The molecule has 0 aliphatic rings. The second kappa shape index (κ2) is 7.23. The smallest absolute Gasteiger partial charge is 0.169 e. The van der Waals surface area contributed by atoms with E-state index in [1.807, 2.05) is 0 Å². The second-order valence-electron chi connectivity index (χ2n) is 5.78. The summed E-state index contributed by atoms with van der Waals surface area (Å²) in [6, 6.07) is 2.66. The molecule has 1 heterocycles. The van der Waals surface area contributed by atoms with Gasteiger partial charge in [-0.05, 0) is 38.2 Å². The minimum Gasteiger partial charge on any atom is -0.351 e. The van der Waals surface area contributed by atoms with Crippen LogP contribution in [0.5, 0.6) is 0 Å². The Balaban J connectivity index is 3.39. The van der Waals surface area contributed by atoms with Crippen LogP contribution in [-0.2, 0) is 12.8 Å². The van der Waals surface area contributed by atoms with Crippen molar-refractivity contribution in [3.05, 3.63) is 16.8 Å². The molecular weight excluding hydrogens is 248 g/mol. The van der Waals surface area contributed by atoms with Crippen LogP contribution in [0.1, 0.15) is 58.4 Å². The molecule has 0 aliphatic carbocycles. The fourth-order valence-corrected chi connectivity index (χ4v) is 2.42. The molecular formula is C16H26N4. The Morgan fingerprint density at radius 1 is 1.10 bits per heavy atom. The first-order chi connectivity index (χ1) is 9.46. The van der Waals surface area contributed by atoms with Crippen molar-refractivity contribution < 1.29 is 0 Å². The zero-order chi connectivity index (χ0) is 15.3. The molecule has 0 fully saturated rings. The molecule has 0 spiro atoms. The first kappa shape index (κ1) is 16.4. The Morgan fingerprint density at radius 3 is 2.15 bits per heavy atom. The molecule has 0 unspecified atom stereocenters. The predicted octanol–water partition coefficient (Wildman–Crippen LogP) is 3.34. The molecule has 0 radical (unpaired) electrons. The topological polar surface area (TPSA) is 52.8 Å². The standard InChI is InChI=1S/C16H26N4/c1-7-13-14(9-17)16(19-18-15(13)8-2)20(12(5)6)10-11(3)4/h11-12H,7-8,10H2,1-6H3. The number of aryl methyl sites for hydroxylation is 1. The third-order valence-corrected chi connectivity index (χ3v) is 3.40. The van der Waals surface area contributed by atoms with Crippen molar-refractivity contribution in [2.45, 2.75) is 60.4 Å². The van der Waals surface area contributed by atoms with Crippen LogP contribution in [-0.4, -0.2) is 22.8 Å². The third-order valence-electron chi connectivity index (χ3n) is 3.40. The Hall–Kier alpha value is -1.63. The highest BCUT2D eigenvalue weighted by molar-refractivity contribution is 5.58. The number of nitriles is 1. The summed E-state index contributed by atoms with van der Waals surface area (Å²) >= 11 is 0. The summed E-state index contributed by atoms with van der Waals surface area (Å²) in [7, 11) is 0. The fraction of sp³-hybridized carbons (Fsp3) is 0.688. The van der Waals surface area contributed by atoms with Gasteiger partial charge < -0.3 is 4.90 Å². The van der Waals surface area contributed by atoms with Gasteiger partial charge in [-0.25, -0.2) is 0 Å².